The molecule has 4 N–H and O–H groups in total. The van der Waals surface area contributed by atoms with Crippen molar-refractivity contribution in [1.82, 2.24) is 15.2 Å². The summed E-state index contributed by atoms with van der Waals surface area (Å²) >= 11 is 1.33. The molecule has 11 heteroatoms. The monoisotopic (exact) mass is 502 g/mol. The molecule has 0 bridgehead atoms. The summed E-state index contributed by atoms with van der Waals surface area (Å²) in [5.74, 6) is -2.09. The molecule has 0 fully saturated rings. The zero-order valence-electron chi connectivity index (χ0n) is 19.7. The average Bonchev–Trinajstić information content (AvgIpc) is 3.33. The lowest BCUT2D eigenvalue weighted by atomic mass is 10.1. The van der Waals surface area contributed by atoms with Gasteiger partial charge in [-0.1, -0.05) is 19.9 Å². The largest absolute Gasteiger partial charge is 0.478 e. The van der Waals surface area contributed by atoms with Gasteiger partial charge in [0.05, 0.1) is 5.56 Å². The maximum absolute atomic E-state index is 12.9. The van der Waals surface area contributed by atoms with E-state index < -0.39 is 29.4 Å². The summed E-state index contributed by atoms with van der Waals surface area (Å²) < 4.78 is 1.19. The van der Waals surface area contributed by atoms with Gasteiger partial charge in [0, 0.05) is 24.2 Å². The SMILES string of the molecule is CC(C)CCNC(=O)Cn1cccc(NC(=O)C(CC/C=C/C(=O)O)NC(=O)c2ccsc2)c1=O. The lowest BCUT2D eigenvalue weighted by molar-refractivity contribution is -0.131. The summed E-state index contributed by atoms with van der Waals surface area (Å²) in [5.41, 5.74) is -0.212. The van der Waals surface area contributed by atoms with E-state index >= 15 is 0 Å². The van der Waals surface area contributed by atoms with Gasteiger partial charge in [-0.3, -0.25) is 19.2 Å². The minimum atomic E-state index is -1.12. The van der Waals surface area contributed by atoms with E-state index in [0.29, 0.717) is 18.0 Å². The van der Waals surface area contributed by atoms with Crippen molar-refractivity contribution < 1.29 is 24.3 Å². The molecule has 1 atom stereocenters. The van der Waals surface area contributed by atoms with Crippen LogP contribution in [0, 0.1) is 5.92 Å². The molecule has 2 aromatic heterocycles. The first kappa shape index (κ1) is 27.5. The first-order valence-electron chi connectivity index (χ1n) is 11.2. The number of carboxylic acid groups (broad SMARTS) is 1. The Morgan fingerprint density at radius 3 is 2.60 bits per heavy atom. The van der Waals surface area contributed by atoms with E-state index in [0.717, 1.165) is 12.5 Å². The van der Waals surface area contributed by atoms with Crippen LogP contribution in [0.2, 0.25) is 0 Å². The lowest BCUT2D eigenvalue weighted by Gasteiger charge is -2.18. The highest BCUT2D eigenvalue weighted by Crippen LogP contribution is 2.09. The number of aliphatic carboxylic acids is 1. The summed E-state index contributed by atoms with van der Waals surface area (Å²) in [5, 5.41) is 20.0. The van der Waals surface area contributed by atoms with Gasteiger partial charge < -0.3 is 25.6 Å². The van der Waals surface area contributed by atoms with Crippen molar-refractivity contribution >= 4 is 40.7 Å². The van der Waals surface area contributed by atoms with Crippen LogP contribution in [0.15, 0.2) is 52.1 Å². The fourth-order valence-corrected chi connectivity index (χ4v) is 3.67. The Labute approximate surface area is 207 Å². The average molecular weight is 503 g/mol. The lowest BCUT2D eigenvalue weighted by Crippen LogP contribution is -2.44. The molecule has 1 unspecified atom stereocenters. The molecule has 0 saturated carbocycles. The molecule has 0 aromatic carbocycles. The minimum Gasteiger partial charge on any atom is -0.478 e. The number of allylic oxidation sites excluding steroid dienone is 1. The Morgan fingerprint density at radius 1 is 1.17 bits per heavy atom. The van der Waals surface area contributed by atoms with Crippen molar-refractivity contribution in [3.8, 4) is 0 Å². The number of anilines is 1. The van der Waals surface area contributed by atoms with E-state index in [1.807, 2.05) is 13.8 Å². The summed E-state index contributed by atoms with van der Waals surface area (Å²) in [6.07, 6.45) is 4.93. The topological polar surface area (TPSA) is 147 Å². The molecular formula is C24H30N4O6S. The summed E-state index contributed by atoms with van der Waals surface area (Å²) in [6, 6.07) is 3.54. The number of nitrogens with one attached hydrogen (secondary N) is 3. The third-order valence-electron chi connectivity index (χ3n) is 4.92. The summed E-state index contributed by atoms with van der Waals surface area (Å²) in [4.78, 5) is 61.1. The van der Waals surface area contributed by atoms with Gasteiger partial charge in [-0.15, -0.1) is 0 Å². The van der Waals surface area contributed by atoms with E-state index in [2.05, 4.69) is 16.0 Å². The van der Waals surface area contributed by atoms with E-state index in [1.54, 1.807) is 16.8 Å². The molecular weight excluding hydrogens is 472 g/mol. The number of hydrogen-bond donors (Lipinski definition) is 4. The Morgan fingerprint density at radius 2 is 1.94 bits per heavy atom. The van der Waals surface area contributed by atoms with E-state index in [9.17, 15) is 24.0 Å². The highest BCUT2D eigenvalue weighted by Gasteiger charge is 2.22. The third kappa shape index (κ3) is 9.57. The first-order chi connectivity index (χ1) is 16.7. The molecule has 10 nitrogen and oxygen atoms in total. The second-order valence-electron chi connectivity index (χ2n) is 8.23. The fraction of sp³-hybridized carbons (Fsp3) is 0.375. The second kappa shape index (κ2) is 13.9. The number of amides is 3. The van der Waals surface area contributed by atoms with Crippen molar-refractivity contribution in [3.63, 3.8) is 0 Å². The van der Waals surface area contributed by atoms with Gasteiger partial charge in [-0.2, -0.15) is 11.3 Å². The van der Waals surface area contributed by atoms with Crippen LogP contribution in [0.4, 0.5) is 5.69 Å². The molecule has 0 aliphatic heterocycles. The highest BCUT2D eigenvalue weighted by molar-refractivity contribution is 7.08. The van der Waals surface area contributed by atoms with E-state index in [1.165, 1.54) is 40.3 Å². The number of thiophene rings is 1. The number of nitrogens with zero attached hydrogens (tertiary/aromatic N) is 1. The molecule has 0 aliphatic carbocycles. The summed E-state index contributed by atoms with van der Waals surface area (Å²) in [7, 11) is 0. The predicted molar refractivity (Wildman–Crippen MR) is 133 cm³/mol. The van der Waals surface area contributed by atoms with Crippen molar-refractivity contribution in [2.24, 2.45) is 5.92 Å². The van der Waals surface area contributed by atoms with Crippen LogP contribution in [0.3, 0.4) is 0 Å². The second-order valence-corrected chi connectivity index (χ2v) is 9.01. The van der Waals surface area contributed by atoms with Crippen LogP contribution < -0.4 is 21.5 Å². The molecule has 2 aromatic rings. The number of carboxylic acids is 1. The number of aromatic nitrogens is 1. The van der Waals surface area contributed by atoms with Crippen LogP contribution in [0.25, 0.3) is 0 Å². The molecule has 2 heterocycles. The zero-order valence-corrected chi connectivity index (χ0v) is 20.5. The molecule has 2 rings (SSSR count). The van der Waals surface area contributed by atoms with Gasteiger partial charge >= 0.3 is 5.97 Å². The van der Waals surface area contributed by atoms with Crippen LogP contribution in [0.5, 0.6) is 0 Å². The maximum atomic E-state index is 12.9. The number of carbonyl (C=O) groups excluding carboxylic acids is 3. The van der Waals surface area contributed by atoms with Crippen molar-refractivity contribution in [2.75, 3.05) is 11.9 Å². The highest BCUT2D eigenvalue weighted by atomic mass is 32.1. The molecule has 35 heavy (non-hydrogen) atoms. The van der Waals surface area contributed by atoms with Gasteiger partial charge in [0.2, 0.25) is 11.8 Å². The number of hydrogen-bond acceptors (Lipinski definition) is 6. The number of rotatable bonds is 13. The summed E-state index contributed by atoms with van der Waals surface area (Å²) in [6.45, 7) is 4.39. The van der Waals surface area contributed by atoms with Gasteiger partial charge in [0.15, 0.2) is 0 Å². The predicted octanol–water partition coefficient (Wildman–Crippen LogP) is 2.23. The van der Waals surface area contributed by atoms with Crippen molar-refractivity contribution in [3.05, 3.63) is 63.2 Å². The smallest absolute Gasteiger partial charge is 0.327 e. The first-order valence-corrected chi connectivity index (χ1v) is 12.1. The number of pyridine rings is 1. The number of carbonyl (C=O) groups is 4. The van der Waals surface area contributed by atoms with Crippen molar-refractivity contribution in [1.29, 1.82) is 0 Å². The molecule has 3 amide bonds. The van der Waals surface area contributed by atoms with E-state index in [-0.39, 0.29) is 31.0 Å². The van der Waals surface area contributed by atoms with Gasteiger partial charge in [0.1, 0.15) is 18.3 Å². The van der Waals surface area contributed by atoms with Crippen molar-refractivity contribution in [2.45, 2.75) is 45.7 Å². The van der Waals surface area contributed by atoms with Crippen LogP contribution in [-0.2, 0) is 20.9 Å². The van der Waals surface area contributed by atoms with E-state index in [4.69, 9.17) is 5.11 Å². The van der Waals surface area contributed by atoms with Gasteiger partial charge in [0.25, 0.3) is 11.5 Å². The van der Waals surface area contributed by atoms with Crippen LogP contribution in [0.1, 0.15) is 43.5 Å². The fourth-order valence-electron chi connectivity index (χ4n) is 3.04. The Balaban J connectivity index is 2.10. The molecule has 0 radical (unpaired) electrons. The van der Waals surface area contributed by atoms with Gasteiger partial charge in [-0.05, 0) is 48.8 Å². The molecule has 0 aliphatic rings. The standard InChI is InChI=1S/C24H30N4O6S/c1-16(2)9-11-25-20(29)14-28-12-5-7-19(24(28)34)27-23(33)18(6-3-4-8-21(30)31)26-22(32)17-10-13-35-15-17/h4-5,7-8,10,12-13,15-16,18H,3,6,9,11,14H2,1-2H3,(H,25,29)(H,26,32)(H,27,33)(H,30,31)/b8-4+. The molecule has 0 saturated heterocycles. The normalized spacial score (nSPS) is 11.9. The maximum Gasteiger partial charge on any atom is 0.327 e. The quantitative estimate of drug-likeness (QED) is 0.309. The molecule has 188 valence electrons. The Hall–Kier alpha value is -3.73. The molecule has 0 spiro atoms. The zero-order chi connectivity index (χ0) is 25.8. The van der Waals surface area contributed by atoms with Crippen LogP contribution >= 0.6 is 11.3 Å². The Kier molecular flexibility index (Phi) is 10.9. The Bertz CT molecular complexity index is 1110. The van der Waals surface area contributed by atoms with Crippen LogP contribution in [-0.4, -0.2) is 46.0 Å². The third-order valence-corrected chi connectivity index (χ3v) is 5.61. The van der Waals surface area contributed by atoms with Gasteiger partial charge in [-0.25, -0.2) is 4.79 Å². The minimum absolute atomic E-state index is 0.0386.